The molecule has 2 nitrogen and oxygen atoms in total. The van der Waals surface area contributed by atoms with E-state index < -0.39 is 11.3 Å². The fourth-order valence-corrected chi connectivity index (χ4v) is 1.04. The van der Waals surface area contributed by atoms with E-state index in [2.05, 4.69) is 4.99 Å². The standard InChI is InChI=1S/C10H9ClF3NO/c1-16-8-4-2-7(3-5-8)6-15-9(11)10(12,13)14/h2-5H,6H2,1H3. The monoisotopic (exact) mass is 251 g/mol. The van der Waals surface area contributed by atoms with Crippen LogP contribution in [0.5, 0.6) is 5.75 Å². The van der Waals surface area contributed by atoms with Crippen molar-refractivity contribution in [3.8, 4) is 5.75 Å². The van der Waals surface area contributed by atoms with E-state index in [1.165, 1.54) is 7.11 Å². The minimum atomic E-state index is -4.58. The van der Waals surface area contributed by atoms with Gasteiger partial charge in [-0.3, -0.25) is 4.99 Å². The van der Waals surface area contributed by atoms with E-state index in [1.54, 1.807) is 24.3 Å². The number of hydrogen-bond donors (Lipinski definition) is 0. The largest absolute Gasteiger partial charge is 0.497 e. The van der Waals surface area contributed by atoms with Gasteiger partial charge in [-0.15, -0.1) is 0 Å². The molecule has 0 spiro atoms. The summed E-state index contributed by atoms with van der Waals surface area (Å²) in [4.78, 5) is 3.24. The van der Waals surface area contributed by atoms with E-state index in [0.717, 1.165) is 0 Å². The quantitative estimate of drug-likeness (QED) is 0.755. The zero-order chi connectivity index (χ0) is 12.2. The number of ether oxygens (including phenoxy) is 1. The molecule has 1 rings (SSSR count). The van der Waals surface area contributed by atoms with Gasteiger partial charge in [-0.05, 0) is 17.7 Å². The van der Waals surface area contributed by atoms with Gasteiger partial charge in [-0.1, -0.05) is 23.7 Å². The van der Waals surface area contributed by atoms with Crippen LogP contribution in [0.2, 0.25) is 0 Å². The summed E-state index contributed by atoms with van der Waals surface area (Å²) in [6.45, 7) is -0.109. The Bertz CT molecular complexity index is 373. The predicted molar refractivity (Wildman–Crippen MR) is 56.0 cm³/mol. The normalized spacial score (nSPS) is 12.7. The van der Waals surface area contributed by atoms with Crippen LogP contribution in [0.15, 0.2) is 29.3 Å². The Hall–Kier alpha value is -1.23. The molecule has 0 radical (unpaired) electrons. The molecule has 0 aliphatic heterocycles. The molecule has 0 aliphatic carbocycles. The molecule has 0 bridgehead atoms. The topological polar surface area (TPSA) is 21.6 Å². The van der Waals surface area contributed by atoms with E-state index in [9.17, 15) is 13.2 Å². The van der Waals surface area contributed by atoms with Crippen molar-refractivity contribution in [3.63, 3.8) is 0 Å². The summed E-state index contributed by atoms with van der Waals surface area (Å²) in [5.41, 5.74) is 0.628. The molecule has 88 valence electrons. The first-order valence-corrected chi connectivity index (χ1v) is 4.71. The van der Waals surface area contributed by atoms with Crippen LogP contribution in [-0.2, 0) is 6.54 Å². The van der Waals surface area contributed by atoms with Crippen LogP contribution in [0, 0.1) is 0 Å². The highest BCUT2D eigenvalue weighted by Crippen LogP contribution is 2.20. The lowest BCUT2D eigenvalue weighted by Gasteiger charge is -2.04. The van der Waals surface area contributed by atoms with Gasteiger partial charge in [-0.25, -0.2) is 0 Å². The third-order valence-electron chi connectivity index (χ3n) is 1.79. The van der Waals surface area contributed by atoms with Crippen molar-refractivity contribution in [2.24, 2.45) is 4.99 Å². The zero-order valence-electron chi connectivity index (χ0n) is 8.38. The van der Waals surface area contributed by atoms with Crippen LogP contribution < -0.4 is 4.74 Å². The molecular weight excluding hydrogens is 243 g/mol. The lowest BCUT2D eigenvalue weighted by molar-refractivity contribution is -0.0561. The van der Waals surface area contributed by atoms with Crippen molar-refractivity contribution in [3.05, 3.63) is 29.8 Å². The van der Waals surface area contributed by atoms with E-state index in [-0.39, 0.29) is 6.54 Å². The smallest absolute Gasteiger partial charge is 0.444 e. The van der Waals surface area contributed by atoms with Crippen LogP contribution in [0.4, 0.5) is 13.2 Å². The number of nitrogens with zero attached hydrogens (tertiary/aromatic N) is 1. The molecule has 0 amide bonds. The van der Waals surface area contributed by atoms with Crippen LogP contribution in [0.3, 0.4) is 0 Å². The lowest BCUT2D eigenvalue weighted by atomic mass is 10.2. The van der Waals surface area contributed by atoms with Gasteiger partial charge in [0.05, 0.1) is 13.7 Å². The number of halogens is 4. The highest BCUT2D eigenvalue weighted by molar-refractivity contribution is 6.66. The molecule has 0 unspecified atom stereocenters. The number of alkyl halides is 3. The Morgan fingerprint density at radius 2 is 1.88 bits per heavy atom. The Morgan fingerprint density at radius 1 is 1.31 bits per heavy atom. The highest BCUT2D eigenvalue weighted by atomic mass is 35.5. The van der Waals surface area contributed by atoms with E-state index in [1.807, 2.05) is 0 Å². The maximum absolute atomic E-state index is 12.0. The third kappa shape index (κ3) is 3.73. The van der Waals surface area contributed by atoms with Crippen molar-refractivity contribution in [1.29, 1.82) is 0 Å². The van der Waals surface area contributed by atoms with Gasteiger partial charge in [0.25, 0.3) is 0 Å². The molecule has 0 saturated carbocycles. The zero-order valence-corrected chi connectivity index (χ0v) is 9.14. The third-order valence-corrected chi connectivity index (χ3v) is 2.13. The minimum absolute atomic E-state index is 0.109. The van der Waals surface area contributed by atoms with Gasteiger partial charge in [0, 0.05) is 0 Å². The molecule has 1 aromatic carbocycles. The number of benzene rings is 1. The number of aliphatic imine (C=N–C) groups is 1. The lowest BCUT2D eigenvalue weighted by Crippen LogP contribution is -2.17. The van der Waals surface area contributed by atoms with Crippen LogP contribution in [-0.4, -0.2) is 18.5 Å². The number of rotatable bonds is 3. The summed E-state index contributed by atoms with van der Waals surface area (Å²) >= 11 is 4.97. The van der Waals surface area contributed by atoms with Crippen LogP contribution in [0.1, 0.15) is 5.56 Å². The van der Waals surface area contributed by atoms with Gasteiger partial charge in [-0.2, -0.15) is 13.2 Å². The summed E-state index contributed by atoms with van der Waals surface area (Å²) in [5, 5.41) is -1.34. The number of hydrogen-bond acceptors (Lipinski definition) is 2. The van der Waals surface area contributed by atoms with Crippen LogP contribution >= 0.6 is 11.6 Å². The summed E-state index contributed by atoms with van der Waals surface area (Å²) in [6.07, 6.45) is -4.58. The Morgan fingerprint density at radius 3 is 2.31 bits per heavy atom. The summed E-state index contributed by atoms with van der Waals surface area (Å²) in [7, 11) is 1.51. The molecule has 0 atom stereocenters. The van der Waals surface area contributed by atoms with Crippen molar-refractivity contribution in [1.82, 2.24) is 0 Å². The van der Waals surface area contributed by atoms with E-state index >= 15 is 0 Å². The van der Waals surface area contributed by atoms with Gasteiger partial charge in [0.15, 0.2) is 0 Å². The molecule has 6 heteroatoms. The fourth-order valence-electron chi connectivity index (χ4n) is 0.981. The maximum Gasteiger partial charge on any atom is 0.444 e. The molecular formula is C10H9ClF3NO. The van der Waals surface area contributed by atoms with Crippen molar-refractivity contribution in [2.45, 2.75) is 12.7 Å². The molecule has 0 heterocycles. The van der Waals surface area contributed by atoms with E-state index in [0.29, 0.717) is 11.3 Å². The molecule has 0 aromatic heterocycles. The van der Waals surface area contributed by atoms with Gasteiger partial charge < -0.3 is 4.74 Å². The predicted octanol–water partition coefficient (Wildman–Crippen LogP) is 3.39. The second-order valence-corrected chi connectivity index (χ2v) is 3.31. The Kier molecular flexibility index (Phi) is 4.18. The molecule has 0 saturated heterocycles. The molecule has 0 fully saturated rings. The maximum atomic E-state index is 12.0. The first kappa shape index (κ1) is 12.8. The van der Waals surface area contributed by atoms with Gasteiger partial charge >= 0.3 is 6.18 Å². The van der Waals surface area contributed by atoms with Crippen LogP contribution in [0.25, 0.3) is 0 Å². The number of methoxy groups -OCH3 is 1. The fraction of sp³-hybridized carbons (Fsp3) is 0.300. The second-order valence-electron chi connectivity index (χ2n) is 2.95. The van der Waals surface area contributed by atoms with Crippen molar-refractivity contribution < 1.29 is 17.9 Å². The first-order chi connectivity index (χ1) is 7.43. The summed E-state index contributed by atoms with van der Waals surface area (Å²) in [5.74, 6) is 0.634. The molecule has 1 aromatic rings. The second kappa shape index (κ2) is 5.21. The van der Waals surface area contributed by atoms with Gasteiger partial charge in [0.1, 0.15) is 5.75 Å². The van der Waals surface area contributed by atoms with Gasteiger partial charge in [0.2, 0.25) is 5.17 Å². The van der Waals surface area contributed by atoms with Crippen molar-refractivity contribution in [2.75, 3.05) is 7.11 Å². The Balaban J connectivity index is 2.67. The first-order valence-electron chi connectivity index (χ1n) is 4.33. The average Bonchev–Trinajstić information content (AvgIpc) is 2.25. The summed E-state index contributed by atoms with van der Waals surface area (Å²) < 4.78 is 40.9. The molecule has 16 heavy (non-hydrogen) atoms. The van der Waals surface area contributed by atoms with Crippen molar-refractivity contribution >= 4 is 16.8 Å². The Labute approximate surface area is 95.7 Å². The molecule has 0 aliphatic rings. The van der Waals surface area contributed by atoms with E-state index in [4.69, 9.17) is 16.3 Å². The average molecular weight is 252 g/mol. The summed E-state index contributed by atoms with van der Waals surface area (Å²) in [6, 6.07) is 6.55. The molecule has 0 N–H and O–H groups in total. The minimum Gasteiger partial charge on any atom is -0.497 e. The SMILES string of the molecule is COc1ccc(CN=C(Cl)C(F)(F)F)cc1. The highest BCUT2D eigenvalue weighted by Gasteiger charge is 2.34.